The van der Waals surface area contributed by atoms with Gasteiger partial charge in [-0.2, -0.15) is 0 Å². The van der Waals surface area contributed by atoms with E-state index >= 15 is 0 Å². The molecule has 1 fully saturated rings. The number of aryl methyl sites for hydroxylation is 2. The third-order valence-corrected chi connectivity index (χ3v) is 3.86. The summed E-state index contributed by atoms with van der Waals surface area (Å²) in [5, 5.41) is 6.68. The maximum atomic E-state index is 11.5. The Morgan fingerprint density at radius 3 is 2.86 bits per heavy atom. The number of likely N-dealkylation sites (tertiary alicyclic amines) is 1. The average molecular weight is 306 g/mol. The quantitative estimate of drug-likeness (QED) is 0.654. The summed E-state index contributed by atoms with van der Waals surface area (Å²) in [6.45, 7) is 8.04. The number of rotatable bonds is 4. The lowest BCUT2D eigenvalue weighted by atomic mass is 10.1. The van der Waals surface area contributed by atoms with Crippen LogP contribution in [0.25, 0.3) is 0 Å². The molecule has 6 heteroatoms. The van der Waals surface area contributed by atoms with E-state index in [1.807, 2.05) is 33.9 Å². The lowest BCUT2D eigenvalue weighted by Gasteiger charge is -2.31. The van der Waals surface area contributed by atoms with Gasteiger partial charge in [-0.3, -0.25) is 4.79 Å². The number of aliphatic imine (C=N–C) groups is 1. The van der Waals surface area contributed by atoms with Gasteiger partial charge in [0.15, 0.2) is 5.96 Å². The largest absolute Gasteiger partial charge is 0.466 e. The van der Waals surface area contributed by atoms with E-state index in [1.54, 1.807) is 4.90 Å². The molecule has 0 bridgehead atoms. The molecule has 1 aromatic heterocycles. The first-order valence-electron chi connectivity index (χ1n) is 7.84. The molecular formula is C16H26N4O2. The summed E-state index contributed by atoms with van der Waals surface area (Å²) in [4.78, 5) is 17.9. The molecule has 2 rings (SSSR count). The molecule has 1 aromatic rings. The Kier molecular flexibility index (Phi) is 5.46. The second-order valence-electron chi connectivity index (χ2n) is 5.79. The number of carbonyl (C=O) groups is 1. The molecule has 2 heterocycles. The summed E-state index contributed by atoms with van der Waals surface area (Å²) in [5.74, 6) is 2.83. The van der Waals surface area contributed by atoms with Crippen LogP contribution in [0.2, 0.25) is 0 Å². The van der Waals surface area contributed by atoms with Crippen LogP contribution in [0.15, 0.2) is 15.5 Å². The summed E-state index contributed by atoms with van der Waals surface area (Å²) in [7, 11) is 1.85. The van der Waals surface area contributed by atoms with Crippen molar-refractivity contribution in [2.24, 2.45) is 4.99 Å². The topological polar surface area (TPSA) is 69.9 Å². The number of nitrogens with zero attached hydrogens (tertiary/aromatic N) is 2. The highest BCUT2D eigenvalue weighted by Gasteiger charge is 2.23. The number of nitrogens with one attached hydrogen (secondary N) is 2. The second kappa shape index (κ2) is 7.33. The molecule has 2 N–H and O–H groups in total. The van der Waals surface area contributed by atoms with Gasteiger partial charge in [0.1, 0.15) is 11.5 Å². The van der Waals surface area contributed by atoms with E-state index in [-0.39, 0.29) is 11.9 Å². The molecular weight excluding hydrogens is 280 g/mol. The number of carbonyl (C=O) groups excluding carboxylic acids is 1. The van der Waals surface area contributed by atoms with Crippen molar-refractivity contribution in [2.75, 3.05) is 20.1 Å². The number of furan rings is 1. The zero-order valence-electron chi connectivity index (χ0n) is 13.9. The Morgan fingerprint density at radius 2 is 2.27 bits per heavy atom. The van der Waals surface area contributed by atoms with Gasteiger partial charge in [-0.05, 0) is 33.3 Å². The normalized spacial score (nSPS) is 19.5. The van der Waals surface area contributed by atoms with Gasteiger partial charge in [0.2, 0.25) is 5.91 Å². The van der Waals surface area contributed by atoms with Crippen LogP contribution in [0, 0.1) is 13.8 Å². The number of amides is 1. The van der Waals surface area contributed by atoms with Gasteiger partial charge in [-0.1, -0.05) is 0 Å². The van der Waals surface area contributed by atoms with Gasteiger partial charge in [-0.15, -0.1) is 0 Å². The molecule has 0 saturated carbocycles. The highest BCUT2D eigenvalue weighted by atomic mass is 16.3. The van der Waals surface area contributed by atoms with E-state index in [9.17, 15) is 4.79 Å². The zero-order valence-corrected chi connectivity index (χ0v) is 13.9. The molecule has 0 spiro atoms. The zero-order chi connectivity index (χ0) is 16.1. The van der Waals surface area contributed by atoms with E-state index in [4.69, 9.17) is 4.42 Å². The first-order valence-corrected chi connectivity index (χ1v) is 7.84. The molecule has 6 nitrogen and oxygen atoms in total. The summed E-state index contributed by atoms with van der Waals surface area (Å²) >= 11 is 0. The Bertz CT molecular complexity index is 550. The number of piperidine rings is 1. The summed E-state index contributed by atoms with van der Waals surface area (Å²) in [6, 6.07) is 2.27. The first-order chi connectivity index (χ1) is 10.5. The van der Waals surface area contributed by atoms with Crippen molar-refractivity contribution in [3.63, 3.8) is 0 Å². The molecule has 122 valence electrons. The minimum Gasteiger partial charge on any atom is -0.466 e. The first kappa shape index (κ1) is 16.4. The molecule has 0 aliphatic carbocycles. The van der Waals surface area contributed by atoms with E-state index in [2.05, 4.69) is 15.6 Å². The van der Waals surface area contributed by atoms with Gasteiger partial charge in [0, 0.05) is 38.2 Å². The minimum absolute atomic E-state index is 0.212. The van der Waals surface area contributed by atoms with Crippen LogP contribution in [0.4, 0.5) is 0 Å². The van der Waals surface area contributed by atoms with E-state index in [0.29, 0.717) is 19.5 Å². The highest BCUT2D eigenvalue weighted by Crippen LogP contribution is 2.14. The summed E-state index contributed by atoms with van der Waals surface area (Å²) in [6.07, 6.45) is 1.44. The maximum Gasteiger partial charge on any atom is 0.222 e. The van der Waals surface area contributed by atoms with Crippen LogP contribution in [-0.4, -0.2) is 42.9 Å². The lowest BCUT2D eigenvalue weighted by molar-refractivity contribution is -0.132. The van der Waals surface area contributed by atoms with Crippen LogP contribution < -0.4 is 10.6 Å². The standard InChI is InChI=1S/C16H26N4O2/c1-5-17-16(18-9-13-8-11(2)22-12(13)3)19-14-6-7-15(21)20(4)10-14/h8,14H,5-7,9-10H2,1-4H3,(H2,17,18,19). The van der Waals surface area contributed by atoms with E-state index < -0.39 is 0 Å². The van der Waals surface area contributed by atoms with Crippen molar-refractivity contribution in [3.8, 4) is 0 Å². The fourth-order valence-electron chi connectivity index (χ4n) is 2.65. The molecule has 1 unspecified atom stereocenters. The van der Waals surface area contributed by atoms with Crippen LogP contribution in [0.5, 0.6) is 0 Å². The van der Waals surface area contributed by atoms with Crippen LogP contribution in [0.3, 0.4) is 0 Å². The molecule has 1 aliphatic heterocycles. The minimum atomic E-state index is 0.212. The molecule has 1 atom stereocenters. The predicted octanol–water partition coefficient (Wildman–Crippen LogP) is 1.57. The van der Waals surface area contributed by atoms with Crippen LogP contribution >= 0.6 is 0 Å². The maximum absolute atomic E-state index is 11.5. The van der Waals surface area contributed by atoms with Gasteiger partial charge in [0.25, 0.3) is 0 Å². The lowest BCUT2D eigenvalue weighted by Crippen LogP contribution is -2.51. The number of likely N-dealkylation sites (N-methyl/N-ethyl adjacent to an activating group) is 1. The van der Waals surface area contributed by atoms with Gasteiger partial charge < -0.3 is 20.0 Å². The SMILES string of the molecule is CCNC(=NCc1cc(C)oc1C)NC1CCC(=O)N(C)C1. The molecule has 22 heavy (non-hydrogen) atoms. The van der Waals surface area contributed by atoms with Crippen molar-refractivity contribution >= 4 is 11.9 Å². The monoisotopic (exact) mass is 306 g/mol. The second-order valence-corrected chi connectivity index (χ2v) is 5.79. The Hall–Kier alpha value is -1.98. The van der Waals surface area contributed by atoms with Crippen molar-refractivity contribution in [1.82, 2.24) is 15.5 Å². The van der Waals surface area contributed by atoms with Crippen LogP contribution in [-0.2, 0) is 11.3 Å². The van der Waals surface area contributed by atoms with Crippen molar-refractivity contribution in [1.29, 1.82) is 0 Å². The summed E-state index contributed by atoms with van der Waals surface area (Å²) in [5.41, 5.74) is 1.10. The molecule has 0 radical (unpaired) electrons. The fraction of sp³-hybridized carbons (Fsp3) is 0.625. The third-order valence-electron chi connectivity index (χ3n) is 3.86. The smallest absolute Gasteiger partial charge is 0.222 e. The third kappa shape index (κ3) is 4.26. The average Bonchev–Trinajstić information content (AvgIpc) is 2.78. The van der Waals surface area contributed by atoms with Gasteiger partial charge >= 0.3 is 0 Å². The Balaban J connectivity index is 1.98. The predicted molar refractivity (Wildman–Crippen MR) is 86.8 cm³/mol. The molecule has 1 aliphatic rings. The van der Waals surface area contributed by atoms with Crippen molar-refractivity contribution in [3.05, 3.63) is 23.2 Å². The van der Waals surface area contributed by atoms with Crippen molar-refractivity contribution in [2.45, 2.75) is 46.2 Å². The van der Waals surface area contributed by atoms with Gasteiger partial charge in [0.05, 0.1) is 6.54 Å². The summed E-state index contributed by atoms with van der Waals surface area (Å²) < 4.78 is 5.53. The Morgan fingerprint density at radius 1 is 1.50 bits per heavy atom. The highest BCUT2D eigenvalue weighted by molar-refractivity contribution is 5.81. The van der Waals surface area contributed by atoms with Gasteiger partial charge in [-0.25, -0.2) is 4.99 Å². The molecule has 0 aromatic carbocycles. The fourth-order valence-corrected chi connectivity index (χ4v) is 2.65. The molecule has 1 amide bonds. The molecule has 1 saturated heterocycles. The van der Waals surface area contributed by atoms with E-state index in [1.165, 1.54) is 0 Å². The van der Waals surface area contributed by atoms with Crippen LogP contribution in [0.1, 0.15) is 36.8 Å². The number of guanidine groups is 1. The Labute approximate surface area is 132 Å². The number of hydrogen-bond acceptors (Lipinski definition) is 3. The van der Waals surface area contributed by atoms with E-state index in [0.717, 1.165) is 36.0 Å². The number of hydrogen-bond donors (Lipinski definition) is 2. The van der Waals surface area contributed by atoms with Crippen molar-refractivity contribution < 1.29 is 9.21 Å².